The fourth-order valence-corrected chi connectivity index (χ4v) is 5.20. The van der Waals surface area contributed by atoms with E-state index in [1.54, 1.807) is 11.3 Å². The monoisotopic (exact) mass is 351 g/mol. The SMILES string of the molecule is COC(=O)c1c(NC(=O)C[NH+]2CCCCC2)sc2c1CC[C@@H](C)C2. The molecule has 1 atom stereocenters. The van der Waals surface area contributed by atoms with Gasteiger partial charge in [0.05, 0.1) is 25.8 Å². The Kier molecular flexibility index (Phi) is 5.56. The number of rotatable bonds is 4. The minimum atomic E-state index is -0.331. The van der Waals surface area contributed by atoms with Crippen molar-refractivity contribution in [3.63, 3.8) is 0 Å². The highest BCUT2D eigenvalue weighted by atomic mass is 32.1. The molecule has 0 aromatic carbocycles. The van der Waals surface area contributed by atoms with Gasteiger partial charge in [-0.1, -0.05) is 6.92 Å². The smallest absolute Gasteiger partial charge is 0.341 e. The van der Waals surface area contributed by atoms with Gasteiger partial charge in [0.15, 0.2) is 6.54 Å². The van der Waals surface area contributed by atoms with Crippen molar-refractivity contribution in [1.29, 1.82) is 0 Å². The van der Waals surface area contributed by atoms with Crippen LogP contribution in [0, 0.1) is 5.92 Å². The van der Waals surface area contributed by atoms with E-state index in [9.17, 15) is 9.59 Å². The lowest BCUT2D eigenvalue weighted by Crippen LogP contribution is -3.13. The lowest BCUT2D eigenvalue weighted by atomic mass is 9.88. The standard InChI is InChI=1S/C18H26N2O3S/c1-12-6-7-13-14(10-12)24-17(16(13)18(22)23-2)19-15(21)11-20-8-4-3-5-9-20/h12H,3-11H2,1-2H3,(H,19,21)/p+1/t12-/m1/s1. The molecule has 2 heterocycles. The van der Waals surface area contributed by atoms with Crippen molar-refractivity contribution < 1.29 is 19.2 Å². The molecule has 0 bridgehead atoms. The molecule has 2 aliphatic rings. The number of hydrogen-bond donors (Lipinski definition) is 2. The van der Waals surface area contributed by atoms with Crippen LogP contribution in [0.1, 0.15) is 53.4 Å². The number of carbonyl (C=O) groups is 2. The molecule has 132 valence electrons. The topological polar surface area (TPSA) is 59.8 Å². The fraction of sp³-hybridized carbons (Fsp3) is 0.667. The Morgan fingerprint density at radius 2 is 2.04 bits per heavy atom. The van der Waals surface area contributed by atoms with Gasteiger partial charge in [-0.15, -0.1) is 11.3 Å². The minimum Gasteiger partial charge on any atom is -0.465 e. The normalized spacial score (nSPS) is 21.2. The van der Waals surface area contributed by atoms with Crippen LogP contribution >= 0.6 is 11.3 Å². The Morgan fingerprint density at radius 3 is 2.75 bits per heavy atom. The van der Waals surface area contributed by atoms with E-state index >= 15 is 0 Å². The predicted molar refractivity (Wildman–Crippen MR) is 94.9 cm³/mol. The van der Waals surface area contributed by atoms with Gasteiger partial charge in [-0.2, -0.15) is 0 Å². The predicted octanol–water partition coefficient (Wildman–Crippen LogP) is 1.67. The number of methoxy groups -OCH3 is 1. The van der Waals surface area contributed by atoms with E-state index in [1.807, 2.05) is 0 Å². The van der Waals surface area contributed by atoms with Gasteiger partial charge < -0.3 is 15.0 Å². The minimum absolute atomic E-state index is 0.00342. The summed E-state index contributed by atoms with van der Waals surface area (Å²) < 4.78 is 4.97. The van der Waals surface area contributed by atoms with Gasteiger partial charge in [0.2, 0.25) is 0 Å². The summed E-state index contributed by atoms with van der Waals surface area (Å²) in [5, 5.41) is 3.69. The molecule has 1 aromatic heterocycles. The molecule has 1 amide bonds. The Bertz CT molecular complexity index is 620. The van der Waals surface area contributed by atoms with Crippen molar-refractivity contribution in [1.82, 2.24) is 0 Å². The molecule has 1 aromatic rings. The molecule has 2 N–H and O–H groups in total. The average molecular weight is 351 g/mol. The van der Waals surface area contributed by atoms with Gasteiger partial charge in [0, 0.05) is 4.88 Å². The zero-order valence-electron chi connectivity index (χ0n) is 14.6. The number of hydrogen-bond acceptors (Lipinski definition) is 4. The lowest BCUT2D eigenvalue weighted by molar-refractivity contribution is -0.896. The van der Waals surface area contributed by atoms with E-state index in [1.165, 1.54) is 36.1 Å². The number of amides is 1. The molecule has 5 nitrogen and oxygen atoms in total. The highest BCUT2D eigenvalue weighted by Gasteiger charge is 2.29. The zero-order chi connectivity index (χ0) is 17.1. The maximum atomic E-state index is 12.4. The Labute approximate surface area is 147 Å². The van der Waals surface area contributed by atoms with E-state index in [-0.39, 0.29) is 11.9 Å². The summed E-state index contributed by atoms with van der Waals surface area (Å²) in [4.78, 5) is 27.3. The van der Waals surface area contributed by atoms with Crippen LogP contribution in [0.3, 0.4) is 0 Å². The third kappa shape index (κ3) is 3.81. The van der Waals surface area contributed by atoms with E-state index in [0.29, 0.717) is 23.0 Å². The summed E-state index contributed by atoms with van der Waals surface area (Å²) in [6, 6.07) is 0. The molecular weight excluding hydrogens is 324 g/mol. The third-order valence-electron chi connectivity index (χ3n) is 5.13. The number of thiophene rings is 1. The molecule has 0 unspecified atom stereocenters. The first-order valence-corrected chi connectivity index (χ1v) is 9.76. The molecule has 1 fully saturated rings. The second kappa shape index (κ2) is 7.66. The summed E-state index contributed by atoms with van der Waals surface area (Å²) in [6.45, 7) is 4.85. The number of ether oxygens (including phenoxy) is 1. The molecule has 0 spiro atoms. The second-order valence-corrected chi connectivity index (χ2v) is 8.19. The Morgan fingerprint density at radius 1 is 1.29 bits per heavy atom. The first kappa shape index (κ1) is 17.4. The maximum Gasteiger partial charge on any atom is 0.341 e. The number of anilines is 1. The van der Waals surface area contributed by atoms with Gasteiger partial charge in [0.25, 0.3) is 5.91 Å². The zero-order valence-corrected chi connectivity index (χ0v) is 15.4. The van der Waals surface area contributed by atoms with E-state index in [4.69, 9.17) is 4.74 Å². The first-order valence-electron chi connectivity index (χ1n) is 8.94. The molecule has 0 radical (unpaired) electrons. The molecule has 1 saturated heterocycles. The van der Waals surface area contributed by atoms with Crippen molar-refractivity contribution >= 4 is 28.2 Å². The average Bonchev–Trinajstić information content (AvgIpc) is 2.91. The quantitative estimate of drug-likeness (QED) is 0.811. The summed E-state index contributed by atoms with van der Waals surface area (Å²) in [6.07, 6.45) is 6.62. The first-order chi connectivity index (χ1) is 11.6. The van der Waals surface area contributed by atoms with Crippen molar-refractivity contribution in [2.24, 2.45) is 5.92 Å². The van der Waals surface area contributed by atoms with Gasteiger partial charge >= 0.3 is 5.97 Å². The van der Waals surface area contributed by atoms with Gasteiger partial charge in [-0.3, -0.25) is 4.79 Å². The molecule has 1 aliphatic heterocycles. The highest BCUT2D eigenvalue weighted by molar-refractivity contribution is 7.17. The lowest BCUT2D eigenvalue weighted by Gasteiger charge is -2.22. The molecule has 3 rings (SSSR count). The van der Waals surface area contributed by atoms with Crippen LogP contribution < -0.4 is 10.2 Å². The summed E-state index contributed by atoms with van der Waals surface area (Å²) in [7, 11) is 1.40. The van der Waals surface area contributed by atoms with E-state index < -0.39 is 0 Å². The molecular formula is C18H27N2O3S+. The molecule has 0 saturated carbocycles. The number of nitrogens with one attached hydrogen (secondary N) is 2. The fourth-order valence-electron chi connectivity index (χ4n) is 3.78. The summed E-state index contributed by atoms with van der Waals surface area (Å²) >= 11 is 1.56. The maximum absolute atomic E-state index is 12.4. The third-order valence-corrected chi connectivity index (χ3v) is 6.30. The number of carbonyl (C=O) groups excluding carboxylic acids is 2. The molecule has 1 aliphatic carbocycles. The van der Waals surface area contributed by atoms with Crippen molar-refractivity contribution in [2.75, 3.05) is 32.1 Å². The number of likely N-dealkylation sites (tertiary alicyclic amines) is 1. The van der Waals surface area contributed by atoms with Crippen LogP contribution in [0.25, 0.3) is 0 Å². The highest BCUT2D eigenvalue weighted by Crippen LogP contribution is 2.39. The van der Waals surface area contributed by atoms with E-state index in [2.05, 4.69) is 12.2 Å². The summed E-state index contributed by atoms with van der Waals surface area (Å²) in [5.74, 6) is 0.300. The van der Waals surface area contributed by atoms with Crippen LogP contribution in [-0.4, -0.2) is 38.6 Å². The van der Waals surface area contributed by atoms with E-state index in [0.717, 1.165) is 37.9 Å². The number of piperidine rings is 1. The molecule has 6 heteroatoms. The number of fused-ring (bicyclic) bond motifs is 1. The van der Waals surface area contributed by atoms with Crippen molar-refractivity contribution in [3.05, 3.63) is 16.0 Å². The van der Waals surface area contributed by atoms with Crippen LogP contribution in [-0.2, 0) is 22.4 Å². The van der Waals surface area contributed by atoms with Crippen molar-refractivity contribution in [3.8, 4) is 0 Å². The second-order valence-electron chi connectivity index (χ2n) is 7.08. The molecule has 24 heavy (non-hydrogen) atoms. The summed E-state index contributed by atoms with van der Waals surface area (Å²) in [5.41, 5.74) is 1.68. The van der Waals surface area contributed by atoms with Crippen LogP contribution in [0.15, 0.2) is 0 Å². The van der Waals surface area contributed by atoms with Crippen LogP contribution in [0.2, 0.25) is 0 Å². The Hall–Kier alpha value is -1.40. The number of quaternary nitrogens is 1. The van der Waals surface area contributed by atoms with Gasteiger partial charge in [-0.25, -0.2) is 4.79 Å². The van der Waals surface area contributed by atoms with Crippen LogP contribution in [0.5, 0.6) is 0 Å². The van der Waals surface area contributed by atoms with Crippen molar-refractivity contribution in [2.45, 2.75) is 45.4 Å². The van der Waals surface area contributed by atoms with Gasteiger partial charge in [-0.05, 0) is 50.0 Å². The van der Waals surface area contributed by atoms with Gasteiger partial charge in [0.1, 0.15) is 5.00 Å². The van der Waals surface area contributed by atoms with Crippen LogP contribution in [0.4, 0.5) is 5.00 Å². The Balaban J connectivity index is 1.76. The largest absolute Gasteiger partial charge is 0.465 e. The number of esters is 1.